The van der Waals surface area contributed by atoms with Gasteiger partial charge in [0.05, 0.1) is 5.57 Å². The van der Waals surface area contributed by atoms with E-state index in [1.165, 1.54) is 5.56 Å². The summed E-state index contributed by atoms with van der Waals surface area (Å²) in [4.78, 5) is 11.9. The lowest BCUT2D eigenvalue weighted by atomic mass is 9.97. The van der Waals surface area contributed by atoms with Crippen molar-refractivity contribution in [1.29, 1.82) is 0 Å². The van der Waals surface area contributed by atoms with Gasteiger partial charge in [-0.2, -0.15) is 0 Å². The molecule has 0 unspecified atom stereocenters. The van der Waals surface area contributed by atoms with Crippen LogP contribution < -0.4 is 0 Å². The topological polar surface area (TPSA) is 26.3 Å². The fraction of sp³-hybridized carbons (Fsp3) is 0.167. The Kier molecular flexibility index (Phi) is 3.64. The van der Waals surface area contributed by atoms with Gasteiger partial charge >= 0.3 is 5.97 Å². The first-order valence-corrected chi connectivity index (χ1v) is 6.83. The molecule has 0 saturated carbocycles. The van der Waals surface area contributed by atoms with Crippen LogP contribution in [0.15, 0.2) is 66.2 Å². The van der Waals surface area contributed by atoms with Crippen molar-refractivity contribution in [2.45, 2.75) is 12.8 Å². The largest absolute Gasteiger partial charge is 0.458 e. The number of hydrogen-bond donors (Lipinski definition) is 0. The summed E-state index contributed by atoms with van der Waals surface area (Å²) in [7, 11) is 0. The van der Waals surface area contributed by atoms with E-state index in [2.05, 4.69) is 12.1 Å². The van der Waals surface area contributed by atoms with Gasteiger partial charge in [0.1, 0.15) is 6.61 Å². The van der Waals surface area contributed by atoms with Crippen molar-refractivity contribution in [3.63, 3.8) is 0 Å². The predicted octanol–water partition coefficient (Wildman–Crippen LogP) is 3.63. The van der Waals surface area contributed by atoms with E-state index < -0.39 is 0 Å². The first-order valence-electron chi connectivity index (χ1n) is 6.83. The number of esters is 1. The molecule has 20 heavy (non-hydrogen) atoms. The molecule has 0 saturated heterocycles. The van der Waals surface area contributed by atoms with Crippen molar-refractivity contribution in [2.75, 3.05) is 6.61 Å². The molecule has 2 heteroatoms. The fourth-order valence-corrected chi connectivity index (χ4v) is 2.51. The summed E-state index contributed by atoms with van der Waals surface area (Å²) in [5.74, 6) is -0.195. The maximum absolute atomic E-state index is 11.9. The molecule has 0 amide bonds. The lowest BCUT2D eigenvalue weighted by Gasteiger charge is -2.04. The van der Waals surface area contributed by atoms with Crippen LogP contribution in [0.3, 0.4) is 0 Å². The molecular formula is C18H16O2. The van der Waals surface area contributed by atoms with E-state index in [1.807, 2.05) is 48.5 Å². The molecule has 2 aromatic carbocycles. The zero-order valence-electron chi connectivity index (χ0n) is 11.2. The fourth-order valence-electron chi connectivity index (χ4n) is 2.51. The van der Waals surface area contributed by atoms with Gasteiger partial charge in [0.25, 0.3) is 0 Å². The van der Waals surface area contributed by atoms with Gasteiger partial charge in [0.2, 0.25) is 0 Å². The van der Waals surface area contributed by atoms with Gasteiger partial charge in [0, 0.05) is 0 Å². The number of hydrogen-bond acceptors (Lipinski definition) is 2. The number of aryl methyl sites for hydroxylation is 1. The van der Waals surface area contributed by atoms with Gasteiger partial charge in [-0.1, -0.05) is 60.7 Å². The molecule has 1 heterocycles. The summed E-state index contributed by atoms with van der Waals surface area (Å²) in [6.07, 6.45) is 1.79. The SMILES string of the molecule is O=C1OCC(CCc2ccccc2)=C1c1ccccc1. The minimum absolute atomic E-state index is 0.195. The van der Waals surface area contributed by atoms with Crippen LogP contribution in [-0.4, -0.2) is 12.6 Å². The Morgan fingerprint density at radius 3 is 2.20 bits per heavy atom. The monoisotopic (exact) mass is 264 g/mol. The van der Waals surface area contributed by atoms with E-state index in [9.17, 15) is 4.79 Å². The molecule has 0 radical (unpaired) electrons. The summed E-state index contributed by atoms with van der Waals surface area (Å²) in [5.41, 5.74) is 4.09. The third kappa shape index (κ3) is 2.64. The first kappa shape index (κ1) is 12.7. The average Bonchev–Trinajstić information content (AvgIpc) is 2.88. The average molecular weight is 264 g/mol. The highest BCUT2D eigenvalue weighted by Gasteiger charge is 2.25. The van der Waals surface area contributed by atoms with Crippen molar-refractivity contribution >= 4 is 11.5 Å². The summed E-state index contributed by atoms with van der Waals surface area (Å²) in [6.45, 7) is 0.426. The molecule has 100 valence electrons. The molecule has 3 rings (SSSR count). The highest BCUT2D eigenvalue weighted by molar-refractivity contribution is 6.19. The van der Waals surface area contributed by atoms with Crippen LogP contribution in [0, 0.1) is 0 Å². The second-order valence-electron chi connectivity index (χ2n) is 4.91. The van der Waals surface area contributed by atoms with Crippen LogP contribution >= 0.6 is 0 Å². The predicted molar refractivity (Wildman–Crippen MR) is 79.1 cm³/mol. The molecule has 0 fully saturated rings. The number of carbonyl (C=O) groups is 1. The van der Waals surface area contributed by atoms with E-state index in [1.54, 1.807) is 0 Å². The molecule has 2 nitrogen and oxygen atoms in total. The second kappa shape index (κ2) is 5.74. The van der Waals surface area contributed by atoms with Crippen molar-refractivity contribution < 1.29 is 9.53 Å². The van der Waals surface area contributed by atoms with Crippen LogP contribution in [0.1, 0.15) is 17.5 Å². The molecule has 1 aliphatic heterocycles. The lowest BCUT2D eigenvalue weighted by molar-refractivity contribution is -0.134. The number of rotatable bonds is 4. The molecular weight excluding hydrogens is 248 g/mol. The molecule has 1 aliphatic rings. The van der Waals surface area contributed by atoms with Crippen LogP contribution in [0.25, 0.3) is 5.57 Å². The van der Waals surface area contributed by atoms with Gasteiger partial charge in [-0.3, -0.25) is 0 Å². The number of carbonyl (C=O) groups excluding carboxylic acids is 1. The number of benzene rings is 2. The van der Waals surface area contributed by atoms with Crippen molar-refractivity contribution in [1.82, 2.24) is 0 Å². The molecule has 0 atom stereocenters. The Morgan fingerprint density at radius 2 is 1.50 bits per heavy atom. The highest BCUT2D eigenvalue weighted by atomic mass is 16.5. The van der Waals surface area contributed by atoms with Crippen LogP contribution in [0.4, 0.5) is 0 Å². The maximum Gasteiger partial charge on any atom is 0.339 e. The Balaban J connectivity index is 1.83. The summed E-state index contributed by atoms with van der Waals surface area (Å²) in [5, 5.41) is 0. The van der Waals surface area contributed by atoms with Crippen LogP contribution in [0.2, 0.25) is 0 Å². The second-order valence-corrected chi connectivity index (χ2v) is 4.91. The van der Waals surface area contributed by atoms with Gasteiger partial charge in [-0.25, -0.2) is 4.79 Å². The van der Waals surface area contributed by atoms with Gasteiger partial charge in [-0.15, -0.1) is 0 Å². The zero-order chi connectivity index (χ0) is 13.8. The van der Waals surface area contributed by atoms with E-state index >= 15 is 0 Å². The third-order valence-electron chi connectivity index (χ3n) is 3.56. The van der Waals surface area contributed by atoms with E-state index in [-0.39, 0.29) is 5.97 Å². The number of cyclic esters (lactones) is 1. The Morgan fingerprint density at radius 1 is 0.850 bits per heavy atom. The minimum atomic E-state index is -0.195. The Hall–Kier alpha value is -2.35. The van der Waals surface area contributed by atoms with Crippen LogP contribution in [-0.2, 0) is 16.0 Å². The first-order chi connectivity index (χ1) is 9.84. The Labute approximate surface area is 118 Å². The van der Waals surface area contributed by atoms with Crippen molar-refractivity contribution in [2.24, 2.45) is 0 Å². The summed E-state index contributed by atoms with van der Waals surface area (Å²) >= 11 is 0. The maximum atomic E-state index is 11.9. The van der Waals surface area contributed by atoms with Gasteiger partial charge in [0.15, 0.2) is 0 Å². The molecule has 0 spiro atoms. The minimum Gasteiger partial charge on any atom is -0.458 e. The molecule has 0 aromatic heterocycles. The molecule has 0 bridgehead atoms. The van der Waals surface area contributed by atoms with Crippen LogP contribution in [0.5, 0.6) is 0 Å². The van der Waals surface area contributed by atoms with Gasteiger partial charge in [-0.05, 0) is 29.5 Å². The lowest BCUT2D eigenvalue weighted by Crippen LogP contribution is -1.98. The normalized spacial score (nSPS) is 14.5. The third-order valence-corrected chi connectivity index (χ3v) is 3.56. The molecule has 0 N–H and O–H groups in total. The van der Waals surface area contributed by atoms with Crippen molar-refractivity contribution in [3.8, 4) is 0 Å². The van der Waals surface area contributed by atoms with E-state index in [4.69, 9.17) is 4.74 Å². The zero-order valence-corrected chi connectivity index (χ0v) is 11.2. The standard InChI is InChI=1S/C18H16O2/c19-18-17(15-9-5-2-6-10-15)16(13-20-18)12-11-14-7-3-1-4-8-14/h1-10H,11-13H2. The number of ether oxygens (including phenoxy) is 1. The van der Waals surface area contributed by atoms with Gasteiger partial charge < -0.3 is 4.74 Å². The van der Waals surface area contributed by atoms with E-state index in [0.29, 0.717) is 6.61 Å². The van der Waals surface area contributed by atoms with E-state index in [0.717, 1.165) is 29.6 Å². The molecule has 2 aromatic rings. The smallest absolute Gasteiger partial charge is 0.339 e. The Bertz CT molecular complexity index is 627. The molecule has 0 aliphatic carbocycles. The van der Waals surface area contributed by atoms with Crippen molar-refractivity contribution in [3.05, 3.63) is 77.4 Å². The quantitative estimate of drug-likeness (QED) is 0.788. The summed E-state index contributed by atoms with van der Waals surface area (Å²) in [6, 6.07) is 20.1. The highest BCUT2D eigenvalue weighted by Crippen LogP contribution is 2.28. The summed E-state index contributed by atoms with van der Waals surface area (Å²) < 4.78 is 5.21.